The molecule has 1 amide bonds. The molecule has 4 nitrogen and oxygen atoms in total. The number of hydrogen-bond donors (Lipinski definition) is 1. The van der Waals surface area contributed by atoms with Gasteiger partial charge in [-0.1, -0.05) is 30.2 Å². The first-order valence-electron chi connectivity index (χ1n) is 10.7. The van der Waals surface area contributed by atoms with Gasteiger partial charge in [0.2, 0.25) is 5.91 Å². The fourth-order valence-electron chi connectivity index (χ4n) is 5.58. The zero-order valence-corrected chi connectivity index (χ0v) is 18.2. The summed E-state index contributed by atoms with van der Waals surface area (Å²) < 4.78 is 6.16. The number of benzene rings is 1. The van der Waals surface area contributed by atoms with Crippen molar-refractivity contribution in [2.75, 3.05) is 13.2 Å². The first kappa shape index (κ1) is 21.6. The Morgan fingerprint density at radius 2 is 1.86 bits per heavy atom. The lowest BCUT2D eigenvalue weighted by atomic mass is 9.65. The summed E-state index contributed by atoms with van der Waals surface area (Å²) in [4.78, 5) is 15.6. The second kappa shape index (κ2) is 8.73. The number of ether oxygens (including phenoxy) is 1. The molecular formula is C23H35ClN2O2. The maximum absolute atomic E-state index is 13.5. The highest BCUT2D eigenvalue weighted by Gasteiger charge is 2.43. The van der Waals surface area contributed by atoms with Crippen LogP contribution in [0.5, 0.6) is 0 Å². The minimum Gasteiger partial charge on any atom is -0.370 e. The fourth-order valence-corrected chi connectivity index (χ4v) is 5.58. The van der Waals surface area contributed by atoms with Gasteiger partial charge < -0.3 is 15.4 Å². The Morgan fingerprint density at radius 3 is 2.54 bits per heavy atom. The lowest BCUT2D eigenvalue weighted by Gasteiger charge is -2.46. The van der Waals surface area contributed by atoms with Crippen LogP contribution in [-0.2, 0) is 9.53 Å². The van der Waals surface area contributed by atoms with Gasteiger partial charge in [-0.05, 0) is 69.4 Å². The van der Waals surface area contributed by atoms with Crippen molar-refractivity contribution in [3.63, 3.8) is 0 Å². The van der Waals surface area contributed by atoms with E-state index < -0.39 is 0 Å². The topological polar surface area (TPSA) is 55.6 Å². The van der Waals surface area contributed by atoms with Gasteiger partial charge in [0.15, 0.2) is 0 Å². The molecule has 3 aliphatic rings. The number of amides is 1. The van der Waals surface area contributed by atoms with Gasteiger partial charge in [0.05, 0.1) is 19.2 Å². The lowest BCUT2D eigenvalue weighted by Crippen LogP contribution is -2.54. The number of halogens is 1. The molecule has 1 aromatic rings. The Morgan fingerprint density at radius 1 is 1.18 bits per heavy atom. The SMILES string of the molecule is Cc1ccc(C)c(C2CN(C(=O)C3CC4CCCC(C3)C4N)C(C)CO2)c1.Cl. The van der Waals surface area contributed by atoms with Crippen LogP contribution in [0.4, 0.5) is 0 Å². The Kier molecular flexibility index (Phi) is 6.73. The molecule has 1 aliphatic heterocycles. The molecule has 4 unspecified atom stereocenters. The van der Waals surface area contributed by atoms with E-state index in [0.717, 1.165) is 12.8 Å². The van der Waals surface area contributed by atoms with E-state index in [1.54, 1.807) is 0 Å². The van der Waals surface area contributed by atoms with Gasteiger partial charge in [-0.25, -0.2) is 0 Å². The van der Waals surface area contributed by atoms with Gasteiger partial charge in [0.25, 0.3) is 0 Å². The number of morpholine rings is 1. The molecule has 1 saturated heterocycles. The molecule has 4 atom stereocenters. The van der Waals surface area contributed by atoms with Crippen LogP contribution in [0.3, 0.4) is 0 Å². The fraction of sp³-hybridized carbons (Fsp3) is 0.696. The van der Waals surface area contributed by atoms with Crippen molar-refractivity contribution in [1.29, 1.82) is 0 Å². The van der Waals surface area contributed by atoms with E-state index >= 15 is 0 Å². The quantitative estimate of drug-likeness (QED) is 0.801. The molecular weight excluding hydrogens is 372 g/mol. The van der Waals surface area contributed by atoms with Gasteiger partial charge in [0, 0.05) is 12.0 Å². The second-order valence-electron chi connectivity index (χ2n) is 9.22. The van der Waals surface area contributed by atoms with Crippen molar-refractivity contribution in [2.24, 2.45) is 23.5 Å². The van der Waals surface area contributed by atoms with Gasteiger partial charge in [-0.3, -0.25) is 4.79 Å². The van der Waals surface area contributed by atoms with Crippen molar-refractivity contribution < 1.29 is 9.53 Å². The van der Waals surface area contributed by atoms with Crippen LogP contribution in [0.25, 0.3) is 0 Å². The Hall–Kier alpha value is -1.10. The van der Waals surface area contributed by atoms with Crippen LogP contribution in [0.1, 0.15) is 61.8 Å². The number of fused-ring (bicyclic) bond motifs is 2. The average molecular weight is 407 g/mol. The van der Waals surface area contributed by atoms with Gasteiger partial charge in [-0.2, -0.15) is 0 Å². The molecule has 0 aromatic heterocycles. The maximum Gasteiger partial charge on any atom is 0.226 e. The van der Waals surface area contributed by atoms with Crippen LogP contribution >= 0.6 is 12.4 Å². The molecule has 2 bridgehead atoms. The third kappa shape index (κ3) is 4.10. The zero-order valence-electron chi connectivity index (χ0n) is 17.4. The minimum absolute atomic E-state index is 0. The third-order valence-electron chi connectivity index (χ3n) is 7.26. The molecule has 1 heterocycles. The molecule has 4 rings (SSSR count). The smallest absolute Gasteiger partial charge is 0.226 e. The Bertz CT molecular complexity index is 696. The Labute approximate surface area is 175 Å². The summed E-state index contributed by atoms with van der Waals surface area (Å²) in [6, 6.07) is 6.96. The first-order chi connectivity index (χ1) is 12.9. The standard InChI is InChI=1S/C23H34N2O2.ClH/c1-14-7-8-15(2)20(9-14)21-12-25(16(3)13-27-21)23(26)19-10-17-5-4-6-18(11-19)22(17)24;/h7-9,16-19,21-22H,4-6,10-13,24H2,1-3H3;1H. The summed E-state index contributed by atoms with van der Waals surface area (Å²) in [5.41, 5.74) is 10.1. The summed E-state index contributed by atoms with van der Waals surface area (Å²) >= 11 is 0. The van der Waals surface area contributed by atoms with Gasteiger partial charge >= 0.3 is 0 Å². The predicted octanol–water partition coefficient (Wildman–Crippen LogP) is 4.17. The molecule has 28 heavy (non-hydrogen) atoms. The molecule has 0 spiro atoms. The highest BCUT2D eigenvalue weighted by atomic mass is 35.5. The summed E-state index contributed by atoms with van der Waals surface area (Å²) in [5, 5.41) is 0. The molecule has 156 valence electrons. The number of carbonyl (C=O) groups is 1. The van der Waals surface area contributed by atoms with Crippen LogP contribution in [0, 0.1) is 31.6 Å². The molecule has 1 aromatic carbocycles. The zero-order chi connectivity index (χ0) is 19.1. The predicted molar refractivity (Wildman–Crippen MR) is 115 cm³/mol. The third-order valence-corrected chi connectivity index (χ3v) is 7.26. The van der Waals surface area contributed by atoms with E-state index in [1.165, 1.54) is 36.0 Å². The number of hydrogen-bond acceptors (Lipinski definition) is 3. The van der Waals surface area contributed by atoms with Crippen LogP contribution in [0.2, 0.25) is 0 Å². The molecule has 3 fully saturated rings. The second-order valence-corrected chi connectivity index (χ2v) is 9.22. The van der Waals surface area contributed by atoms with E-state index in [-0.39, 0.29) is 30.5 Å². The normalized spacial score (nSPS) is 35.2. The van der Waals surface area contributed by atoms with Crippen LogP contribution in [0.15, 0.2) is 18.2 Å². The van der Waals surface area contributed by atoms with Crippen molar-refractivity contribution in [1.82, 2.24) is 4.90 Å². The number of nitrogens with zero attached hydrogens (tertiary/aromatic N) is 1. The molecule has 5 heteroatoms. The van der Waals surface area contributed by atoms with E-state index in [2.05, 4.69) is 43.9 Å². The molecule has 2 saturated carbocycles. The summed E-state index contributed by atoms with van der Waals surface area (Å²) in [7, 11) is 0. The van der Waals surface area contributed by atoms with Crippen molar-refractivity contribution in [2.45, 2.75) is 71.1 Å². The molecule has 0 radical (unpaired) electrons. The van der Waals surface area contributed by atoms with Crippen LogP contribution in [-0.4, -0.2) is 36.0 Å². The highest BCUT2D eigenvalue weighted by Crippen LogP contribution is 2.43. The van der Waals surface area contributed by atoms with Crippen molar-refractivity contribution in [3.05, 3.63) is 34.9 Å². The number of nitrogens with two attached hydrogens (primary N) is 1. The first-order valence-corrected chi connectivity index (χ1v) is 10.7. The Balaban J connectivity index is 0.00000225. The lowest BCUT2D eigenvalue weighted by molar-refractivity contribution is -0.151. The largest absolute Gasteiger partial charge is 0.370 e. The van der Waals surface area contributed by atoms with E-state index in [4.69, 9.17) is 10.5 Å². The van der Waals surface area contributed by atoms with Crippen molar-refractivity contribution >= 4 is 18.3 Å². The number of rotatable bonds is 2. The van der Waals surface area contributed by atoms with E-state index in [0.29, 0.717) is 36.9 Å². The maximum atomic E-state index is 13.5. The van der Waals surface area contributed by atoms with E-state index in [1.807, 2.05) is 0 Å². The van der Waals surface area contributed by atoms with Gasteiger partial charge in [0.1, 0.15) is 6.10 Å². The number of carbonyl (C=O) groups excluding carboxylic acids is 1. The van der Waals surface area contributed by atoms with E-state index in [9.17, 15) is 4.79 Å². The molecule has 2 N–H and O–H groups in total. The summed E-state index contributed by atoms with van der Waals surface area (Å²) in [6.45, 7) is 7.64. The minimum atomic E-state index is -0.0182. The van der Waals surface area contributed by atoms with Crippen LogP contribution < -0.4 is 5.73 Å². The van der Waals surface area contributed by atoms with Crippen molar-refractivity contribution in [3.8, 4) is 0 Å². The summed E-state index contributed by atoms with van der Waals surface area (Å²) in [6.07, 6.45) is 5.63. The average Bonchev–Trinajstić information content (AvgIpc) is 2.63. The number of aryl methyl sites for hydroxylation is 2. The van der Waals surface area contributed by atoms with Gasteiger partial charge in [-0.15, -0.1) is 12.4 Å². The monoisotopic (exact) mass is 406 g/mol. The molecule has 2 aliphatic carbocycles. The highest BCUT2D eigenvalue weighted by molar-refractivity contribution is 5.85. The summed E-state index contributed by atoms with van der Waals surface area (Å²) in [5.74, 6) is 1.57.